The average molecular weight is 247 g/mol. The molecule has 0 amide bonds. The van der Waals surface area contributed by atoms with Gasteiger partial charge < -0.3 is 9.84 Å². The van der Waals surface area contributed by atoms with E-state index in [1.807, 2.05) is 25.6 Å². The maximum Gasteiger partial charge on any atom is 0.261 e. The van der Waals surface area contributed by atoms with Crippen molar-refractivity contribution in [3.63, 3.8) is 0 Å². The maximum absolute atomic E-state index is 5.32. The Labute approximate surface area is 105 Å². The van der Waals surface area contributed by atoms with Gasteiger partial charge in [0.25, 0.3) is 5.89 Å². The number of aromatic nitrogens is 4. The molecule has 1 fully saturated rings. The number of rotatable bonds is 4. The molecule has 1 saturated carbocycles. The van der Waals surface area contributed by atoms with E-state index in [1.165, 1.54) is 12.8 Å². The molecule has 2 heterocycles. The molecule has 2 aromatic heterocycles. The van der Waals surface area contributed by atoms with Gasteiger partial charge in [-0.2, -0.15) is 10.1 Å². The summed E-state index contributed by atoms with van der Waals surface area (Å²) in [4.78, 5) is 4.42. The third-order valence-corrected chi connectivity index (χ3v) is 3.32. The van der Waals surface area contributed by atoms with E-state index in [0.29, 0.717) is 24.3 Å². The van der Waals surface area contributed by atoms with E-state index >= 15 is 0 Å². The van der Waals surface area contributed by atoms with Crippen molar-refractivity contribution in [2.75, 3.05) is 0 Å². The van der Waals surface area contributed by atoms with Gasteiger partial charge in [-0.25, -0.2) is 0 Å². The van der Waals surface area contributed by atoms with Gasteiger partial charge in [-0.3, -0.25) is 4.68 Å². The van der Waals surface area contributed by atoms with Crippen LogP contribution in [0.5, 0.6) is 0 Å². The van der Waals surface area contributed by atoms with Crippen LogP contribution in [0.15, 0.2) is 4.52 Å². The molecule has 0 bridgehead atoms. The highest BCUT2D eigenvalue weighted by Crippen LogP contribution is 2.25. The maximum atomic E-state index is 5.32. The van der Waals surface area contributed by atoms with Crippen LogP contribution in [-0.4, -0.2) is 26.0 Å². The van der Waals surface area contributed by atoms with Crippen LogP contribution in [-0.2, 0) is 13.6 Å². The zero-order valence-corrected chi connectivity index (χ0v) is 10.9. The lowest BCUT2D eigenvalue weighted by atomic mass is 10.2. The summed E-state index contributed by atoms with van der Waals surface area (Å²) in [5.74, 6) is 1.27. The molecule has 3 rings (SSSR count). The average Bonchev–Trinajstić information content (AvgIpc) is 2.99. The first kappa shape index (κ1) is 11.4. The summed E-state index contributed by atoms with van der Waals surface area (Å²) in [6.45, 7) is 4.63. The molecule has 6 nitrogen and oxygen atoms in total. The number of aryl methyl sites for hydroxylation is 2. The van der Waals surface area contributed by atoms with E-state index < -0.39 is 0 Å². The first-order chi connectivity index (χ1) is 8.65. The molecule has 0 atom stereocenters. The standard InChI is InChI=1S/C12H17N5O/c1-7-11(8(2)17(3)15-7)12-14-10(16-18-12)6-13-9-4-5-9/h9,13H,4-6H2,1-3H3. The van der Waals surface area contributed by atoms with E-state index in [9.17, 15) is 0 Å². The van der Waals surface area contributed by atoms with Gasteiger partial charge in [-0.1, -0.05) is 5.16 Å². The Morgan fingerprint density at radius 2 is 2.17 bits per heavy atom. The minimum atomic E-state index is 0.561. The zero-order chi connectivity index (χ0) is 12.7. The number of nitrogens with one attached hydrogen (secondary N) is 1. The van der Waals surface area contributed by atoms with Crippen molar-refractivity contribution in [3.05, 3.63) is 17.2 Å². The number of nitrogens with zero attached hydrogens (tertiary/aromatic N) is 4. The molecule has 0 radical (unpaired) electrons. The predicted molar refractivity (Wildman–Crippen MR) is 65.8 cm³/mol. The van der Waals surface area contributed by atoms with Crippen molar-refractivity contribution < 1.29 is 4.52 Å². The third kappa shape index (κ3) is 2.03. The Balaban J connectivity index is 1.82. The second-order valence-corrected chi connectivity index (χ2v) is 4.84. The van der Waals surface area contributed by atoms with Crippen LogP contribution in [0.2, 0.25) is 0 Å². The number of hydrogen-bond acceptors (Lipinski definition) is 5. The Kier molecular flexibility index (Phi) is 2.66. The van der Waals surface area contributed by atoms with E-state index in [-0.39, 0.29) is 0 Å². The summed E-state index contributed by atoms with van der Waals surface area (Å²) in [6.07, 6.45) is 2.51. The SMILES string of the molecule is Cc1nn(C)c(C)c1-c1nc(CNC2CC2)no1. The summed E-state index contributed by atoms with van der Waals surface area (Å²) in [6, 6.07) is 0.647. The van der Waals surface area contributed by atoms with Gasteiger partial charge in [0.1, 0.15) is 0 Å². The molecule has 0 spiro atoms. The molecular formula is C12H17N5O. The second-order valence-electron chi connectivity index (χ2n) is 4.84. The summed E-state index contributed by atoms with van der Waals surface area (Å²) in [7, 11) is 1.91. The normalized spacial score (nSPS) is 15.3. The Morgan fingerprint density at radius 1 is 1.39 bits per heavy atom. The molecule has 96 valence electrons. The lowest BCUT2D eigenvalue weighted by molar-refractivity contribution is 0.419. The van der Waals surface area contributed by atoms with Crippen molar-refractivity contribution in [1.29, 1.82) is 0 Å². The van der Waals surface area contributed by atoms with Crippen molar-refractivity contribution in [2.24, 2.45) is 7.05 Å². The van der Waals surface area contributed by atoms with Gasteiger partial charge in [0, 0.05) is 18.8 Å². The smallest absolute Gasteiger partial charge is 0.261 e. The van der Waals surface area contributed by atoms with Crippen molar-refractivity contribution in [3.8, 4) is 11.5 Å². The van der Waals surface area contributed by atoms with Crippen molar-refractivity contribution in [2.45, 2.75) is 39.3 Å². The molecule has 0 saturated heterocycles. The highest BCUT2D eigenvalue weighted by molar-refractivity contribution is 5.59. The summed E-state index contributed by atoms with van der Waals surface area (Å²) in [5.41, 5.74) is 2.90. The fourth-order valence-electron chi connectivity index (χ4n) is 2.03. The molecule has 6 heteroatoms. The quantitative estimate of drug-likeness (QED) is 0.883. The molecule has 0 aromatic carbocycles. The fraction of sp³-hybridized carbons (Fsp3) is 0.583. The lowest BCUT2D eigenvalue weighted by Gasteiger charge is -1.95. The van der Waals surface area contributed by atoms with Crippen LogP contribution in [0.4, 0.5) is 0 Å². The van der Waals surface area contributed by atoms with Crippen LogP contribution in [0.1, 0.15) is 30.1 Å². The van der Waals surface area contributed by atoms with Gasteiger partial charge in [0.2, 0.25) is 0 Å². The highest BCUT2D eigenvalue weighted by atomic mass is 16.5. The number of hydrogen-bond donors (Lipinski definition) is 1. The zero-order valence-electron chi connectivity index (χ0n) is 10.9. The van der Waals surface area contributed by atoms with Gasteiger partial charge in [0.05, 0.1) is 17.8 Å². The Bertz CT molecular complexity index is 567. The van der Waals surface area contributed by atoms with Gasteiger partial charge in [-0.05, 0) is 26.7 Å². The molecule has 2 aromatic rings. The van der Waals surface area contributed by atoms with Crippen LogP contribution in [0.25, 0.3) is 11.5 Å². The van der Waals surface area contributed by atoms with Gasteiger partial charge in [-0.15, -0.1) is 0 Å². The van der Waals surface area contributed by atoms with E-state index in [4.69, 9.17) is 4.52 Å². The largest absolute Gasteiger partial charge is 0.334 e. The van der Waals surface area contributed by atoms with Gasteiger partial charge in [0.15, 0.2) is 5.82 Å². The Morgan fingerprint density at radius 3 is 2.78 bits per heavy atom. The molecule has 1 aliphatic carbocycles. The van der Waals surface area contributed by atoms with Gasteiger partial charge >= 0.3 is 0 Å². The highest BCUT2D eigenvalue weighted by Gasteiger charge is 2.22. The topological polar surface area (TPSA) is 68.8 Å². The summed E-state index contributed by atoms with van der Waals surface area (Å²) in [5, 5.41) is 11.7. The fourth-order valence-corrected chi connectivity index (χ4v) is 2.03. The minimum Gasteiger partial charge on any atom is -0.334 e. The minimum absolute atomic E-state index is 0.561. The monoisotopic (exact) mass is 247 g/mol. The van der Waals surface area contributed by atoms with E-state index in [0.717, 1.165) is 17.0 Å². The Hall–Kier alpha value is -1.69. The molecule has 18 heavy (non-hydrogen) atoms. The van der Waals surface area contributed by atoms with Crippen LogP contribution < -0.4 is 5.32 Å². The molecule has 0 aliphatic heterocycles. The van der Waals surface area contributed by atoms with Crippen molar-refractivity contribution >= 4 is 0 Å². The summed E-state index contributed by atoms with van der Waals surface area (Å²) >= 11 is 0. The van der Waals surface area contributed by atoms with Crippen molar-refractivity contribution in [1.82, 2.24) is 25.2 Å². The van der Waals surface area contributed by atoms with E-state index in [2.05, 4.69) is 20.6 Å². The lowest BCUT2D eigenvalue weighted by Crippen LogP contribution is -2.16. The van der Waals surface area contributed by atoms with Crippen LogP contribution >= 0.6 is 0 Å². The third-order valence-electron chi connectivity index (χ3n) is 3.32. The first-order valence-corrected chi connectivity index (χ1v) is 6.21. The van der Waals surface area contributed by atoms with Crippen LogP contribution in [0, 0.1) is 13.8 Å². The molecule has 0 unspecified atom stereocenters. The molecular weight excluding hydrogens is 230 g/mol. The van der Waals surface area contributed by atoms with E-state index in [1.54, 1.807) is 0 Å². The predicted octanol–water partition coefficient (Wildman–Crippen LogP) is 1.34. The molecule has 1 N–H and O–H groups in total. The molecule has 1 aliphatic rings. The summed E-state index contributed by atoms with van der Waals surface area (Å²) < 4.78 is 7.15. The second kappa shape index (κ2) is 4.20. The van der Waals surface area contributed by atoms with Crippen LogP contribution in [0.3, 0.4) is 0 Å². The first-order valence-electron chi connectivity index (χ1n) is 6.21.